The Balaban J connectivity index is 1.70. The summed E-state index contributed by atoms with van der Waals surface area (Å²) in [4.78, 5) is 18.4. The Morgan fingerprint density at radius 2 is 1.83 bits per heavy atom. The molecule has 1 fully saturated rings. The van der Waals surface area contributed by atoms with Crippen molar-refractivity contribution >= 4 is 40.6 Å². The monoisotopic (exact) mass is 351 g/mol. The molecule has 2 heterocycles. The molecule has 0 unspecified atom stereocenters. The maximum absolute atomic E-state index is 12.3. The summed E-state index contributed by atoms with van der Waals surface area (Å²) in [6.45, 7) is 2.38. The number of morpholine rings is 1. The third kappa shape index (κ3) is 4.13. The molecule has 23 heavy (non-hydrogen) atoms. The zero-order valence-electron chi connectivity index (χ0n) is 12.3. The minimum Gasteiger partial charge on any atom is -0.378 e. The smallest absolute Gasteiger partial charge is 0.255 e. The van der Waals surface area contributed by atoms with Crippen molar-refractivity contribution in [1.29, 1.82) is 0 Å². The topological polar surface area (TPSA) is 54.5 Å². The second-order valence-electron chi connectivity index (χ2n) is 5.12. The number of halogens is 2. The molecule has 1 aromatic carbocycles. The van der Waals surface area contributed by atoms with E-state index in [1.807, 2.05) is 0 Å². The molecule has 0 atom stereocenters. The van der Waals surface area contributed by atoms with Gasteiger partial charge in [0.1, 0.15) is 5.82 Å². The molecule has 1 amide bonds. The summed E-state index contributed by atoms with van der Waals surface area (Å²) in [5.41, 5.74) is 1.30. The first-order chi connectivity index (χ1) is 11.1. The molecule has 1 aromatic heterocycles. The molecule has 0 spiro atoms. The van der Waals surface area contributed by atoms with Crippen molar-refractivity contribution < 1.29 is 9.53 Å². The lowest BCUT2D eigenvalue weighted by molar-refractivity contribution is 0.0302. The van der Waals surface area contributed by atoms with Gasteiger partial charge in [0.25, 0.3) is 5.91 Å². The number of hydrogen-bond donors (Lipinski definition) is 1. The maximum atomic E-state index is 12.3. The van der Waals surface area contributed by atoms with Crippen LogP contribution in [0.25, 0.3) is 0 Å². The fraction of sp³-hybridized carbons (Fsp3) is 0.250. The van der Waals surface area contributed by atoms with Crippen LogP contribution in [0.3, 0.4) is 0 Å². The number of aromatic nitrogens is 1. The lowest BCUT2D eigenvalue weighted by atomic mass is 10.2. The van der Waals surface area contributed by atoms with Gasteiger partial charge in [-0.2, -0.15) is 0 Å². The van der Waals surface area contributed by atoms with Gasteiger partial charge in [-0.1, -0.05) is 23.2 Å². The van der Waals surface area contributed by atoms with E-state index in [0.717, 1.165) is 5.69 Å². The van der Waals surface area contributed by atoms with E-state index in [1.54, 1.807) is 41.4 Å². The zero-order valence-corrected chi connectivity index (χ0v) is 13.8. The summed E-state index contributed by atoms with van der Waals surface area (Å²) < 4.78 is 5.25. The summed E-state index contributed by atoms with van der Waals surface area (Å²) in [5.74, 6) is 0.583. The number of ether oxygens (including phenoxy) is 1. The first-order valence-electron chi connectivity index (χ1n) is 7.18. The second kappa shape index (κ2) is 7.17. The van der Waals surface area contributed by atoms with Gasteiger partial charge in [-0.05, 0) is 30.3 Å². The Bertz CT molecular complexity index is 681. The SMILES string of the molecule is O=C(c1ccc(Nc2cc(Cl)cc(Cl)c2)nc1)N1CCOCC1. The average Bonchev–Trinajstić information content (AvgIpc) is 2.55. The summed E-state index contributed by atoms with van der Waals surface area (Å²) in [5, 5.41) is 4.19. The van der Waals surface area contributed by atoms with Crippen LogP contribution in [0, 0.1) is 0 Å². The van der Waals surface area contributed by atoms with Crippen LogP contribution in [0.5, 0.6) is 0 Å². The lowest BCUT2D eigenvalue weighted by Gasteiger charge is -2.26. The summed E-state index contributed by atoms with van der Waals surface area (Å²) in [6, 6.07) is 8.66. The highest BCUT2D eigenvalue weighted by molar-refractivity contribution is 6.35. The number of anilines is 2. The van der Waals surface area contributed by atoms with E-state index in [0.29, 0.717) is 47.7 Å². The highest BCUT2D eigenvalue weighted by Gasteiger charge is 2.18. The van der Waals surface area contributed by atoms with Crippen LogP contribution in [-0.4, -0.2) is 42.1 Å². The minimum absolute atomic E-state index is 0.0295. The Morgan fingerprint density at radius 1 is 1.13 bits per heavy atom. The van der Waals surface area contributed by atoms with Crippen molar-refractivity contribution in [2.24, 2.45) is 0 Å². The first kappa shape index (κ1) is 16.1. The predicted octanol–water partition coefficient (Wildman–Crippen LogP) is 3.60. The average molecular weight is 352 g/mol. The molecule has 1 aliphatic heterocycles. The van der Waals surface area contributed by atoms with Gasteiger partial charge in [-0.3, -0.25) is 4.79 Å². The van der Waals surface area contributed by atoms with Crippen LogP contribution in [-0.2, 0) is 4.74 Å². The van der Waals surface area contributed by atoms with Crippen molar-refractivity contribution in [1.82, 2.24) is 9.88 Å². The standard InChI is InChI=1S/C16H15Cl2N3O2/c17-12-7-13(18)9-14(8-12)20-15-2-1-11(10-19-15)16(22)21-3-5-23-6-4-21/h1-2,7-10H,3-6H2,(H,19,20). The Kier molecular flexibility index (Phi) is 5.00. The third-order valence-corrected chi connectivity index (χ3v) is 3.88. The van der Waals surface area contributed by atoms with Gasteiger partial charge >= 0.3 is 0 Å². The largest absolute Gasteiger partial charge is 0.378 e. The molecule has 0 bridgehead atoms. The number of carbonyl (C=O) groups excluding carboxylic acids is 1. The fourth-order valence-corrected chi connectivity index (χ4v) is 2.84. The van der Waals surface area contributed by atoms with Crippen molar-refractivity contribution in [2.45, 2.75) is 0 Å². The van der Waals surface area contributed by atoms with E-state index >= 15 is 0 Å². The van der Waals surface area contributed by atoms with E-state index in [9.17, 15) is 4.79 Å². The molecule has 3 rings (SSSR count). The first-order valence-corrected chi connectivity index (χ1v) is 7.93. The molecule has 1 N–H and O–H groups in total. The van der Waals surface area contributed by atoms with Gasteiger partial charge < -0.3 is 15.0 Å². The van der Waals surface area contributed by atoms with E-state index in [4.69, 9.17) is 27.9 Å². The quantitative estimate of drug-likeness (QED) is 0.917. The molecule has 0 aliphatic carbocycles. The highest BCUT2D eigenvalue weighted by Crippen LogP contribution is 2.24. The van der Waals surface area contributed by atoms with Crippen LogP contribution in [0.1, 0.15) is 10.4 Å². The van der Waals surface area contributed by atoms with Crippen LogP contribution in [0.15, 0.2) is 36.5 Å². The molecule has 1 saturated heterocycles. The summed E-state index contributed by atoms with van der Waals surface area (Å²) in [6.07, 6.45) is 1.56. The number of carbonyl (C=O) groups is 1. The van der Waals surface area contributed by atoms with Gasteiger partial charge in [0, 0.05) is 35.0 Å². The minimum atomic E-state index is -0.0295. The van der Waals surface area contributed by atoms with E-state index in [-0.39, 0.29) is 5.91 Å². The van der Waals surface area contributed by atoms with Crippen molar-refractivity contribution in [3.63, 3.8) is 0 Å². The fourth-order valence-electron chi connectivity index (χ4n) is 2.32. The van der Waals surface area contributed by atoms with Crippen molar-refractivity contribution in [3.8, 4) is 0 Å². The number of nitrogens with zero attached hydrogens (tertiary/aromatic N) is 2. The molecule has 1 aliphatic rings. The molecule has 5 nitrogen and oxygen atoms in total. The Labute approximate surface area is 144 Å². The Hall–Kier alpha value is -1.82. The Morgan fingerprint density at radius 3 is 2.43 bits per heavy atom. The zero-order chi connectivity index (χ0) is 16.2. The van der Waals surface area contributed by atoms with Gasteiger partial charge in [-0.15, -0.1) is 0 Å². The maximum Gasteiger partial charge on any atom is 0.255 e. The lowest BCUT2D eigenvalue weighted by Crippen LogP contribution is -2.40. The second-order valence-corrected chi connectivity index (χ2v) is 5.99. The predicted molar refractivity (Wildman–Crippen MR) is 90.7 cm³/mol. The van der Waals surface area contributed by atoms with Gasteiger partial charge in [0.2, 0.25) is 0 Å². The van der Waals surface area contributed by atoms with Crippen LogP contribution in [0.2, 0.25) is 10.0 Å². The van der Waals surface area contributed by atoms with Crippen LogP contribution in [0.4, 0.5) is 11.5 Å². The normalized spacial score (nSPS) is 14.6. The van der Waals surface area contributed by atoms with Crippen molar-refractivity contribution in [2.75, 3.05) is 31.6 Å². The van der Waals surface area contributed by atoms with E-state index in [2.05, 4.69) is 10.3 Å². The van der Waals surface area contributed by atoms with Crippen molar-refractivity contribution in [3.05, 3.63) is 52.1 Å². The molecular formula is C16H15Cl2N3O2. The molecule has 0 saturated carbocycles. The van der Waals surface area contributed by atoms with Gasteiger partial charge in [0.15, 0.2) is 0 Å². The van der Waals surface area contributed by atoms with E-state index in [1.165, 1.54) is 0 Å². The third-order valence-electron chi connectivity index (χ3n) is 3.44. The molecule has 120 valence electrons. The number of benzene rings is 1. The van der Waals surface area contributed by atoms with Gasteiger partial charge in [0.05, 0.1) is 18.8 Å². The number of nitrogens with one attached hydrogen (secondary N) is 1. The number of amides is 1. The molecular weight excluding hydrogens is 337 g/mol. The van der Waals surface area contributed by atoms with E-state index < -0.39 is 0 Å². The summed E-state index contributed by atoms with van der Waals surface area (Å²) in [7, 11) is 0. The van der Waals surface area contributed by atoms with Crippen LogP contribution >= 0.6 is 23.2 Å². The number of rotatable bonds is 3. The van der Waals surface area contributed by atoms with Gasteiger partial charge in [-0.25, -0.2) is 4.98 Å². The van der Waals surface area contributed by atoms with Crippen LogP contribution < -0.4 is 5.32 Å². The number of pyridine rings is 1. The molecule has 2 aromatic rings. The highest BCUT2D eigenvalue weighted by atomic mass is 35.5. The summed E-state index contributed by atoms with van der Waals surface area (Å²) >= 11 is 11.9. The number of hydrogen-bond acceptors (Lipinski definition) is 4. The molecule has 0 radical (unpaired) electrons. The molecule has 7 heteroatoms.